The second-order valence-corrected chi connectivity index (χ2v) is 4.52. The molecule has 0 heterocycles. The van der Waals surface area contributed by atoms with Gasteiger partial charge in [-0.25, -0.2) is 0 Å². The molecule has 0 amide bonds. The summed E-state index contributed by atoms with van der Waals surface area (Å²) in [5.41, 5.74) is 0. The fourth-order valence-corrected chi connectivity index (χ4v) is 1.93. The van der Waals surface area contributed by atoms with Crippen molar-refractivity contribution in [2.45, 2.75) is 58.7 Å². The third kappa shape index (κ3) is 6.65. The SMILES string of the molecule is CCCCCCCC(OCC)Oc1ccccc1. The van der Waals surface area contributed by atoms with E-state index in [2.05, 4.69) is 6.92 Å². The van der Waals surface area contributed by atoms with Crippen LogP contribution in [0.2, 0.25) is 0 Å². The van der Waals surface area contributed by atoms with Crippen LogP contribution in [-0.4, -0.2) is 12.9 Å². The van der Waals surface area contributed by atoms with Crippen LogP contribution >= 0.6 is 0 Å². The van der Waals surface area contributed by atoms with E-state index in [1.807, 2.05) is 37.3 Å². The number of hydrogen-bond acceptors (Lipinski definition) is 2. The molecule has 1 atom stereocenters. The Bertz CT molecular complexity index is 284. The summed E-state index contributed by atoms with van der Waals surface area (Å²) in [6, 6.07) is 9.92. The Morgan fingerprint density at radius 2 is 1.67 bits per heavy atom. The van der Waals surface area contributed by atoms with Crippen LogP contribution in [0.15, 0.2) is 30.3 Å². The number of benzene rings is 1. The second kappa shape index (κ2) is 9.95. The van der Waals surface area contributed by atoms with Crippen molar-refractivity contribution < 1.29 is 9.47 Å². The largest absolute Gasteiger partial charge is 0.465 e. The highest BCUT2D eigenvalue weighted by Crippen LogP contribution is 2.16. The zero-order chi connectivity index (χ0) is 13.1. The number of ether oxygens (including phenoxy) is 2. The first-order valence-corrected chi connectivity index (χ1v) is 7.20. The lowest BCUT2D eigenvalue weighted by Crippen LogP contribution is -2.20. The van der Waals surface area contributed by atoms with Crippen molar-refractivity contribution in [3.05, 3.63) is 30.3 Å². The number of para-hydroxylation sites is 1. The summed E-state index contributed by atoms with van der Waals surface area (Å²) in [6.07, 6.45) is 7.27. The van der Waals surface area contributed by atoms with E-state index in [4.69, 9.17) is 9.47 Å². The van der Waals surface area contributed by atoms with Gasteiger partial charge in [-0.1, -0.05) is 50.8 Å². The maximum Gasteiger partial charge on any atom is 0.199 e. The number of hydrogen-bond donors (Lipinski definition) is 0. The van der Waals surface area contributed by atoms with Gasteiger partial charge in [0, 0.05) is 13.0 Å². The van der Waals surface area contributed by atoms with Crippen molar-refractivity contribution in [1.29, 1.82) is 0 Å². The molecule has 18 heavy (non-hydrogen) atoms. The van der Waals surface area contributed by atoms with Crippen molar-refractivity contribution in [3.63, 3.8) is 0 Å². The minimum absolute atomic E-state index is 0.0981. The van der Waals surface area contributed by atoms with E-state index >= 15 is 0 Å². The molecule has 0 saturated carbocycles. The third-order valence-corrected chi connectivity index (χ3v) is 2.91. The molecule has 1 rings (SSSR count). The molecule has 102 valence electrons. The standard InChI is InChI=1S/C16H26O2/c1-3-5-6-7-11-14-16(17-4-2)18-15-12-9-8-10-13-15/h8-10,12-13,16H,3-7,11,14H2,1-2H3. The maximum absolute atomic E-state index is 5.84. The van der Waals surface area contributed by atoms with Crippen LogP contribution in [0.5, 0.6) is 5.75 Å². The van der Waals surface area contributed by atoms with Crippen molar-refractivity contribution in [2.24, 2.45) is 0 Å². The normalized spacial score (nSPS) is 12.3. The molecule has 1 aromatic rings. The molecular weight excluding hydrogens is 224 g/mol. The lowest BCUT2D eigenvalue weighted by Gasteiger charge is -2.18. The summed E-state index contributed by atoms with van der Waals surface area (Å²) < 4.78 is 11.5. The molecular formula is C16H26O2. The summed E-state index contributed by atoms with van der Waals surface area (Å²) in [6.45, 7) is 4.95. The molecule has 0 radical (unpaired) electrons. The Labute approximate surface area is 111 Å². The first-order chi connectivity index (χ1) is 8.86. The van der Waals surface area contributed by atoms with Gasteiger partial charge in [0.1, 0.15) is 5.75 Å². The van der Waals surface area contributed by atoms with Crippen LogP contribution in [0.25, 0.3) is 0 Å². The minimum Gasteiger partial charge on any atom is -0.465 e. The monoisotopic (exact) mass is 250 g/mol. The predicted octanol–water partition coefficient (Wildman–Crippen LogP) is 4.79. The van der Waals surface area contributed by atoms with Gasteiger partial charge in [-0.15, -0.1) is 0 Å². The van der Waals surface area contributed by atoms with Gasteiger partial charge in [0.15, 0.2) is 6.29 Å². The molecule has 0 aliphatic heterocycles. The summed E-state index contributed by atoms with van der Waals surface area (Å²) in [7, 11) is 0. The maximum atomic E-state index is 5.84. The third-order valence-electron chi connectivity index (χ3n) is 2.91. The zero-order valence-electron chi connectivity index (χ0n) is 11.7. The predicted molar refractivity (Wildman–Crippen MR) is 75.9 cm³/mol. The highest BCUT2D eigenvalue weighted by Gasteiger charge is 2.09. The molecule has 0 aliphatic rings. The zero-order valence-corrected chi connectivity index (χ0v) is 11.7. The Kier molecular flexibility index (Phi) is 8.32. The van der Waals surface area contributed by atoms with Crippen molar-refractivity contribution >= 4 is 0 Å². The quantitative estimate of drug-likeness (QED) is 0.439. The molecule has 1 unspecified atom stereocenters. The fourth-order valence-electron chi connectivity index (χ4n) is 1.93. The highest BCUT2D eigenvalue weighted by atomic mass is 16.7. The van der Waals surface area contributed by atoms with Crippen LogP contribution in [0.4, 0.5) is 0 Å². The van der Waals surface area contributed by atoms with Crippen LogP contribution in [-0.2, 0) is 4.74 Å². The smallest absolute Gasteiger partial charge is 0.199 e. The first kappa shape index (κ1) is 15.0. The van der Waals surface area contributed by atoms with Gasteiger partial charge >= 0.3 is 0 Å². The van der Waals surface area contributed by atoms with Crippen molar-refractivity contribution in [3.8, 4) is 5.75 Å². The average molecular weight is 250 g/mol. The molecule has 0 aromatic heterocycles. The van der Waals surface area contributed by atoms with Gasteiger partial charge in [-0.3, -0.25) is 0 Å². The van der Waals surface area contributed by atoms with Crippen LogP contribution in [0.3, 0.4) is 0 Å². The van der Waals surface area contributed by atoms with Crippen LogP contribution in [0, 0.1) is 0 Å². The van der Waals surface area contributed by atoms with Crippen molar-refractivity contribution in [1.82, 2.24) is 0 Å². The van der Waals surface area contributed by atoms with E-state index in [-0.39, 0.29) is 6.29 Å². The van der Waals surface area contributed by atoms with Gasteiger partial charge in [0.05, 0.1) is 0 Å². The summed E-state index contributed by atoms with van der Waals surface area (Å²) in [5, 5.41) is 0. The lowest BCUT2D eigenvalue weighted by atomic mass is 10.1. The fraction of sp³-hybridized carbons (Fsp3) is 0.625. The molecule has 1 aromatic carbocycles. The van der Waals surface area contributed by atoms with Crippen LogP contribution in [0.1, 0.15) is 52.4 Å². The van der Waals surface area contributed by atoms with E-state index in [1.165, 1.54) is 32.1 Å². The second-order valence-electron chi connectivity index (χ2n) is 4.52. The highest BCUT2D eigenvalue weighted by molar-refractivity contribution is 5.20. The van der Waals surface area contributed by atoms with E-state index in [0.717, 1.165) is 12.2 Å². The molecule has 0 saturated heterocycles. The van der Waals surface area contributed by atoms with Gasteiger partial charge in [-0.05, 0) is 25.5 Å². The summed E-state index contributed by atoms with van der Waals surface area (Å²) >= 11 is 0. The van der Waals surface area contributed by atoms with E-state index in [1.54, 1.807) is 0 Å². The Morgan fingerprint density at radius 3 is 2.33 bits per heavy atom. The Hall–Kier alpha value is -1.02. The molecule has 0 aliphatic carbocycles. The van der Waals surface area contributed by atoms with Gasteiger partial charge in [0.2, 0.25) is 0 Å². The number of unbranched alkanes of at least 4 members (excludes halogenated alkanes) is 4. The molecule has 0 fully saturated rings. The summed E-state index contributed by atoms with van der Waals surface area (Å²) in [4.78, 5) is 0. The Morgan fingerprint density at radius 1 is 0.944 bits per heavy atom. The molecule has 0 bridgehead atoms. The molecule has 0 spiro atoms. The van der Waals surface area contributed by atoms with Crippen LogP contribution < -0.4 is 4.74 Å². The van der Waals surface area contributed by atoms with Crippen molar-refractivity contribution in [2.75, 3.05) is 6.61 Å². The molecule has 2 nitrogen and oxygen atoms in total. The molecule has 2 heteroatoms. The minimum atomic E-state index is -0.0981. The number of rotatable bonds is 10. The lowest BCUT2D eigenvalue weighted by molar-refractivity contribution is -0.0808. The summed E-state index contributed by atoms with van der Waals surface area (Å²) in [5.74, 6) is 0.893. The average Bonchev–Trinajstić information content (AvgIpc) is 2.40. The van der Waals surface area contributed by atoms with Gasteiger partial charge < -0.3 is 9.47 Å². The van der Waals surface area contributed by atoms with E-state index in [9.17, 15) is 0 Å². The van der Waals surface area contributed by atoms with Gasteiger partial charge in [-0.2, -0.15) is 0 Å². The van der Waals surface area contributed by atoms with Gasteiger partial charge in [0.25, 0.3) is 0 Å². The topological polar surface area (TPSA) is 18.5 Å². The van der Waals surface area contributed by atoms with E-state index in [0.29, 0.717) is 6.61 Å². The first-order valence-electron chi connectivity index (χ1n) is 7.20. The molecule has 0 N–H and O–H groups in total. The van der Waals surface area contributed by atoms with E-state index < -0.39 is 0 Å². The Balaban J connectivity index is 2.26.